The van der Waals surface area contributed by atoms with Gasteiger partial charge in [-0.3, -0.25) is 32.4 Å². The van der Waals surface area contributed by atoms with Crippen LogP contribution in [0.15, 0.2) is 182 Å². The predicted molar refractivity (Wildman–Crippen MR) is 494 cm³/mol. The molecule has 3 saturated carbocycles. The topological polar surface area (TPSA) is 442 Å². The zero-order valence-electron chi connectivity index (χ0n) is 72.3. The smallest absolute Gasteiger partial charge is 0.459 e. The summed E-state index contributed by atoms with van der Waals surface area (Å²) < 4.78 is 58.8. The third-order valence-corrected chi connectivity index (χ3v) is 25.0. The minimum atomic E-state index is -1.65. The molecule has 0 saturated heterocycles. The van der Waals surface area contributed by atoms with Crippen LogP contribution in [-0.4, -0.2) is 200 Å². The molecule has 1 radical (unpaired) electrons. The van der Waals surface area contributed by atoms with Gasteiger partial charge < -0.3 is 59.4 Å². The van der Waals surface area contributed by atoms with E-state index >= 15 is 0 Å². The second-order valence-corrected chi connectivity index (χ2v) is 45.9. The summed E-state index contributed by atoms with van der Waals surface area (Å²) in [5, 5.41) is 77.1. The summed E-state index contributed by atoms with van der Waals surface area (Å²) in [5.74, 6) is 2.16. The predicted octanol–water partition coefficient (Wildman–Crippen LogP) is 14.4. The van der Waals surface area contributed by atoms with Crippen molar-refractivity contribution in [2.75, 3.05) is 49.4 Å². The molecule has 0 aromatic carbocycles. The van der Waals surface area contributed by atoms with Crippen molar-refractivity contribution in [1.29, 1.82) is 0 Å². The number of anilines is 3. The summed E-state index contributed by atoms with van der Waals surface area (Å²) in [6, 6.07) is 28.6. The number of aromatic nitrogens is 21. The van der Waals surface area contributed by atoms with Crippen molar-refractivity contribution in [2.24, 2.45) is 17.8 Å². The zero-order chi connectivity index (χ0) is 94.2. The highest BCUT2D eigenvalue weighted by Gasteiger charge is 2.33. The van der Waals surface area contributed by atoms with E-state index in [1.54, 1.807) is 93.2 Å². The lowest BCUT2D eigenvalue weighted by atomic mass is 9.81. The Labute approximate surface area is 767 Å². The van der Waals surface area contributed by atoms with Crippen LogP contribution in [0.5, 0.6) is 11.8 Å². The molecule has 15 heterocycles. The number of ether oxygens (including phenoxy) is 4. The van der Waals surface area contributed by atoms with Crippen LogP contribution in [0.1, 0.15) is 52.4 Å². The molecule has 3 amide bonds. The number of carbonyl (C=O) groups excluding carboxylic acids is 3. The molecule has 15 aromatic heterocycles. The first kappa shape index (κ1) is 97.2. The van der Waals surface area contributed by atoms with E-state index in [0.717, 1.165) is 67.3 Å². The number of hydrogen-bond donors (Lipinski definition) is 7. The fourth-order valence-corrected chi connectivity index (χ4v) is 15.4. The summed E-state index contributed by atoms with van der Waals surface area (Å²) in [6.45, 7) is 47.6. The highest BCUT2D eigenvalue weighted by molar-refractivity contribution is 7.99. The number of imidazole rings is 3. The molecule has 0 bridgehead atoms. The summed E-state index contributed by atoms with van der Waals surface area (Å²) in [6.07, 6.45) is 21.2. The number of nitrogens with zero attached hydrogens (tertiary/aromatic N) is 24. The van der Waals surface area contributed by atoms with Gasteiger partial charge in [-0.05, 0) is 212 Å². The molecule has 0 spiro atoms. The average Bonchev–Trinajstić information content (AvgIpc) is 1.60. The summed E-state index contributed by atoms with van der Waals surface area (Å²) in [4.78, 5) is 85.3. The molecule has 677 valence electrons. The molecule has 0 unspecified atom stereocenters. The number of pyridine rings is 6. The van der Waals surface area contributed by atoms with Gasteiger partial charge in [0.1, 0.15) is 15.1 Å². The van der Waals surface area contributed by atoms with Crippen molar-refractivity contribution in [3.63, 3.8) is 0 Å². The first-order valence-corrected chi connectivity index (χ1v) is 50.8. The summed E-state index contributed by atoms with van der Waals surface area (Å²) in [5.41, 5.74) is 7.70. The Morgan fingerprint density at radius 3 is 1.27 bits per heavy atom. The number of aromatic amines is 1. The van der Waals surface area contributed by atoms with Crippen LogP contribution in [0.2, 0.25) is 57.7 Å². The molecule has 18 rings (SSSR count). The lowest BCUT2D eigenvalue weighted by Crippen LogP contribution is -2.30. The van der Waals surface area contributed by atoms with Crippen LogP contribution in [0.4, 0.5) is 53.7 Å². The van der Waals surface area contributed by atoms with E-state index in [0.29, 0.717) is 126 Å². The fraction of sp³-hybridized carbons (Fsp3) is 0.301. The van der Waals surface area contributed by atoms with Gasteiger partial charge in [0.05, 0.1) is 44.9 Å². The maximum atomic E-state index is 12.1. The van der Waals surface area contributed by atoms with Crippen molar-refractivity contribution < 1.29 is 61.9 Å². The van der Waals surface area contributed by atoms with Gasteiger partial charge in [-0.1, -0.05) is 52.3 Å². The van der Waals surface area contributed by atoms with Gasteiger partial charge >= 0.3 is 14.7 Å². The molecule has 3 fully saturated rings. The van der Waals surface area contributed by atoms with E-state index in [4.69, 9.17) is 69.5 Å². The number of amides is 3. The molecule has 7 N–H and O–H groups in total. The van der Waals surface area contributed by atoms with Crippen LogP contribution < -0.4 is 36.4 Å². The van der Waals surface area contributed by atoms with Crippen LogP contribution >= 0.6 is 35.3 Å². The Morgan fingerprint density at radius 1 is 0.515 bits per heavy atom. The molecule has 0 aliphatic heterocycles. The number of halogens is 3. The number of H-pyrrole nitrogens is 1. The van der Waals surface area contributed by atoms with E-state index < -0.39 is 28.8 Å². The molecular weight excluding hydrogens is 1800 g/mol. The van der Waals surface area contributed by atoms with Gasteiger partial charge in [0.2, 0.25) is 62.0 Å². The maximum Gasteiger partial charge on any atom is 0.488 e. The summed E-state index contributed by atoms with van der Waals surface area (Å²) in [7, 11) is -3.33. The van der Waals surface area contributed by atoms with Crippen molar-refractivity contribution >= 4 is 163 Å². The Balaban J connectivity index is 0.000000158. The summed E-state index contributed by atoms with van der Waals surface area (Å²) >= 11 is 4.01. The Kier molecular flexibility index (Phi) is 33.6. The number of aliphatic hydroxyl groups excluding tert-OH is 1. The number of aliphatic hydroxyl groups is 1. The van der Waals surface area contributed by atoms with Crippen LogP contribution in [0.25, 0.3) is 75.5 Å². The molecule has 3 aliphatic rings. The van der Waals surface area contributed by atoms with Gasteiger partial charge in [0.25, 0.3) is 11.2 Å². The van der Waals surface area contributed by atoms with Gasteiger partial charge in [-0.25, -0.2) is 57.8 Å². The molecule has 39 nitrogen and oxygen atoms in total. The third-order valence-electron chi connectivity index (χ3n) is 18.9. The van der Waals surface area contributed by atoms with Gasteiger partial charge in [-0.2, -0.15) is 15.3 Å². The minimum Gasteiger partial charge on any atom is -0.459 e. The van der Waals surface area contributed by atoms with Crippen molar-refractivity contribution in [1.82, 2.24) is 103 Å². The number of carbonyl (C=O) groups is 3. The highest BCUT2D eigenvalue weighted by Crippen LogP contribution is 2.37. The van der Waals surface area contributed by atoms with Gasteiger partial charge in [0, 0.05) is 100 Å². The maximum absolute atomic E-state index is 12.1. The highest BCUT2D eigenvalue weighted by atomic mass is 32.2. The van der Waals surface area contributed by atoms with Crippen molar-refractivity contribution in [3.8, 4) is 34.0 Å². The van der Waals surface area contributed by atoms with E-state index in [9.17, 15) is 23.5 Å². The van der Waals surface area contributed by atoms with Crippen molar-refractivity contribution in [2.45, 2.75) is 141 Å². The van der Waals surface area contributed by atoms with Crippen molar-refractivity contribution in [3.05, 3.63) is 203 Å². The van der Waals surface area contributed by atoms with Crippen LogP contribution in [-0.2, 0) is 23.9 Å². The molecule has 0 atom stereocenters. The monoisotopic (exact) mass is 1880 g/mol. The molecule has 49 heteroatoms. The standard InChI is InChI=1S/C28H29N9O3SSi.C22H15N9O2S.C17H12N8OS.C12H19BN2O4Si.C2H5BF.C2H6O.F2/c1-29-21-13-20(14-30-27(21)40-17-39-11-12-42(2,3)4)19-7-8-24-33-34-28(36(24)15-19)41-25-10-9-23-31-22(16-37(23)35-25)32-26(38)18-5-6-18;1-23-15-8-14(9-24-21(15)33)13-4-5-18-27-28-22(30(18)10-13)34-19-7-6-17-25-16(11-31(17)29-19)26-20(32)12-2-3-12;1-18-11-4-5-14-21-22-17(24(14)8-11)27-15-7-6-13-19-12(9-25(13)23-15)20-16(26)10-2-3-10;1-14-11-7-10(13(16)17)8-15-12(11)19-9-18-5-6-20(2,3)4;1-2-3-4;1-2-3;1-2/h7-10,13-16,18H,5-6,11-12,17H2,2-4H3,(H,32,38);4-12H,2-3H2,(H,24,33)(H,26,32);4-10H,2-3H2,(H,20,26);7-8,16-17H,5-6,9H2,2-4H3;2H2,1H3;3H,2H2,1H3;. The molecular formula is C83H86B2F3N28O11S3Si2. The van der Waals surface area contributed by atoms with E-state index in [1.165, 1.54) is 47.5 Å². The Bertz CT molecular complexity index is 6850. The molecule has 3 aliphatic carbocycles. The normalized spacial score (nSPS) is 12.5. The Morgan fingerprint density at radius 2 is 0.886 bits per heavy atom. The van der Waals surface area contributed by atoms with Gasteiger partial charge in [0.15, 0.2) is 64.9 Å². The average molecular weight is 1880 g/mol. The van der Waals surface area contributed by atoms with E-state index in [-0.39, 0.29) is 84.3 Å². The lowest BCUT2D eigenvalue weighted by molar-refractivity contribution is -0.118. The lowest BCUT2D eigenvalue weighted by Gasteiger charge is -2.15. The number of rotatable bonds is 28. The molecule has 15 aromatic rings. The second kappa shape index (κ2) is 45.6. The largest absolute Gasteiger partial charge is 0.488 e. The fourth-order valence-electron chi connectivity index (χ4n) is 11.5. The minimum absolute atomic E-state index is 0.00137. The van der Waals surface area contributed by atoms with Gasteiger partial charge in [-0.15, -0.1) is 30.6 Å². The Hall–Kier alpha value is -13.9. The number of nitrogens with one attached hydrogen (secondary N) is 4. The van der Waals surface area contributed by atoms with E-state index in [2.05, 4.69) is 150 Å². The number of fused-ring (bicyclic) bond motifs is 6. The van der Waals surface area contributed by atoms with E-state index in [1.807, 2.05) is 81.9 Å². The zero-order valence-corrected chi connectivity index (χ0v) is 76.8. The van der Waals surface area contributed by atoms with Crippen LogP contribution in [0, 0.1) is 44.0 Å². The number of hydrogen-bond acceptors (Lipinski definition) is 28. The SMILES string of the molecule is CCO.CC[B]F.FF.[C-]#[N+]c1cc(-c2ccc3nnc(Sc4ccc5nc(NC(=O)C6CC6)cn5n4)n3c2)c[nH]c1=O.[C-]#[N+]c1cc(-c2ccc3nnc(Sc4ccc5nc(NC(=O)C6CC6)cn5n4)n3c2)cnc1OCOCC[Si](C)(C)C.[C-]#[N+]c1cc(B(O)O)cnc1OCOCC[Si](C)(C)C.[C-]#[N+]c1ccc2nnc(Sc3ccc4nc(NC(=O)C5CC5)cn4n3)n2c1. The first-order valence-electron chi connectivity index (χ1n) is 41.0. The first-order chi connectivity index (χ1) is 63.7. The second-order valence-electron chi connectivity index (χ2n) is 31.7. The molecule has 132 heavy (non-hydrogen) atoms. The van der Waals surface area contributed by atoms with Crippen LogP contribution in [0.3, 0.4) is 0 Å². The third kappa shape index (κ3) is 27.2. The quantitative estimate of drug-likeness (QED) is 0.0104.